The van der Waals surface area contributed by atoms with Crippen LogP contribution >= 0.6 is 0 Å². The number of benzene rings is 2. The van der Waals surface area contributed by atoms with Crippen LogP contribution in [0.3, 0.4) is 0 Å². The third-order valence-corrected chi connectivity index (χ3v) is 4.44. The molecule has 0 atom stereocenters. The lowest BCUT2D eigenvalue weighted by Crippen LogP contribution is -2.35. The van der Waals surface area contributed by atoms with Gasteiger partial charge in [0.25, 0.3) is 5.56 Å². The Hall–Kier alpha value is -2.57. The number of halogens is 1. The molecule has 1 saturated heterocycles. The molecule has 1 fully saturated rings. The maximum absolute atomic E-state index is 14.5. The average molecular weight is 339 g/mol. The molecular weight excluding hydrogens is 321 g/mol. The summed E-state index contributed by atoms with van der Waals surface area (Å²) in [7, 11) is 0. The van der Waals surface area contributed by atoms with E-state index in [9.17, 15) is 9.18 Å². The molecule has 5 nitrogen and oxygen atoms in total. The van der Waals surface area contributed by atoms with Crippen molar-refractivity contribution in [3.05, 3.63) is 64.2 Å². The van der Waals surface area contributed by atoms with Gasteiger partial charge >= 0.3 is 0 Å². The van der Waals surface area contributed by atoms with Crippen molar-refractivity contribution in [1.29, 1.82) is 0 Å². The van der Waals surface area contributed by atoms with Crippen LogP contribution in [-0.2, 0) is 11.3 Å². The summed E-state index contributed by atoms with van der Waals surface area (Å²) in [6.45, 7) is 3.53. The average Bonchev–Trinajstić information content (AvgIpc) is 2.64. The molecule has 0 aliphatic carbocycles. The lowest BCUT2D eigenvalue weighted by molar-refractivity contribution is 0.0337. The van der Waals surface area contributed by atoms with Crippen LogP contribution in [0.4, 0.5) is 4.39 Å². The van der Waals surface area contributed by atoms with Gasteiger partial charge in [-0.2, -0.15) is 0 Å². The van der Waals surface area contributed by atoms with Crippen LogP contribution in [-0.4, -0.2) is 41.2 Å². The molecule has 2 heterocycles. The second kappa shape index (κ2) is 6.74. The molecule has 0 saturated carbocycles. The Morgan fingerprint density at radius 1 is 1.16 bits per heavy atom. The third kappa shape index (κ3) is 3.31. The van der Waals surface area contributed by atoms with Gasteiger partial charge in [0.2, 0.25) is 0 Å². The van der Waals surface area contributed by atoms with Crippen molar-refractivity contribution in [1.82, 2.24) is 14.9 Å². The van der Waals surface area contributed by atoms with Gasteiger partial charge in [0.15, 0.2) is 0 Å². The monoisotopic (exact) mass is 339 g/mol. The lowest BCUT2D eigenvalue weighted by atomic mass is 10.1. The van der Waals surface area contributed by atoms with Gasteiger partial charge < -0.3 is 9.72 Å². The summed E-state index contributed by atoms with van der Waals surface area (Å²) in [6, 6.07) is 12.1. The number of hydrogen-bond donors (Lipinski definition) is 1. The molecule has 2 aromatic carbocycles. The predicted octanol–water partition coefficient (Wildman–Crippen LogP) is 2.56. The SMILES string of the molecule is O=c1[nH]c(-c2ccc(CN3CCOCC3)c(F)c2)nc2ccccc12. The van der Waals surface area contributed by atoms with Crippen LogP contribution in [0.25, 0.3) is 22.3 Å². The number of rotatable bonds is 3. The van der Waals surface area contributed by atoms with E-state index in [4.69, 9.17) is 4.74 Å². The largest absolute Gasteiger partial charge is 0.379 e. The molecule has 6 heteroatoms. The first-order chi connectivity index (χ1) is 12.2. The summed E-state index contributed by atoms with van der Waals surface area (Å²) in [5.74, 6) is 0.0836. The summed E-state index contributed by atoms with van der Waals surface area (Å²) >= 11 is 0. The second-order valence-corrected chi connectivity index (χ2v) is 6.13. The van der Waals surface area contributed by atoms with Gasteiger partial charge in [-0.25, -0.2) is 9.37 Å². The number of para-hydroxylation sites is 1. The van der Waals surface area contributed by atoms with Crippen LogP contribution in [0.1, 0.15) is 5.56 Å². The molecule has 128 valence electrons. The quantitative estimate of drug-likeness (QED) is 0.797. The Kier molecular flexibility index (Phi) is 4.29. The normalized spacial score (nSPS) is 15.6. The first kappa shape index (κ1) is 15.9. The Morgan fingerprint density at radius 3 is 2.76 bits per heavy atom. The Morgan fingerprint density at radius 2 is 1.96 bits per heavy atom. The Bertz CT molecular complexity index is 964. The zero-order chi connectivity index (χ0) is 17.2. The van der Waals surface area contributed by atoms with Gasteiger partial charge in [-0.05, 0) is 18.2 Å². The van der Waals surface area contributed by atoms with Crippen molar-refractivity contribution in [2.75, 3.05) is 26.3 Å². The molecule has 0 unspecified atom stereocenters. The fraction of sp³-hybridized carbons (Fsp3) is 0.263. The first-order valence-corrected chi connectivity index (χ1v) is 8.29. The van der Waals surface area contributed by atoms with Gasteiger partial charge in [0.1, 0.15) is 11.6 Å². The number of fused-ring (bicyclic) bond motifs is 1. The molecule has 1 aromatic heterocycles. The van der Waals surface area contributed by atoms with E-state index in [-0.39, 0.29) is 11.4 Å². The van der Waals surface area contributed by atoms with Crippen molar-refractivity contribution < 1.29 is 9.13 Å². The highest BCUT2D eigenvalue weighted by Crippen LogP contribution is 2.21. The molecule has 0 spiro atoms. The number of H-pyrrole nitrogens is 1. The molecule has 1 aliphatic heterocycles. The highest BCUT2D eigenvalue weighted by atomic mass is 19.1. The zero-order valence-corrected chi connectivity index (χ0v) is 13.7. The van der Waals surface area contributed by atoms with E-state index in [0.29, 0.717) is 47.6 Å². The maximum Gasteiger partial charge on any atom is 0.259 e. The molecule has 0 radical (unpaired) electrons. The Labute approximate surface area is 144 Å². The summed E-state index contributed by atoms with van der Waals surface area (Å²) in [5.41, 5.74) is 1.57. The number of morpholine rings is 1. The molecule has 25 heavy (non-hydrogen) atoms. The maximum atomic E-state index is 14.5. The number of nitrogens with zero attached hydrogens (tertiary/aromatic N) is 2. The fourth-order valence-electron chi connectivity index (χ4n) is 3.05. The van der Waals surface area contributed by atoms with Crippen molar-refractivity contribution >= 4 is 10.9 Å². The fourth-order valence-corrected chi connectivity index (χ4v) is 3.05. The lowest BCUT2D eigenvalue weighted by Gasteiger charge is -2.26. The predicted molar refractivity (Wildman–Crippen MR) is 93.9 cm³/mol. The van der Waals surface area contributed by atoms with E-state index in [2.05, 4.69) is 14.9 Å². The molecule has 4 rings (SSSR count). The smallest absolute Gasteiger partial charge is 0.259 e. The molecule has 3 aromatic rings. The van der Waals surface area contributed by atoms with E-state index in [0.717, 1.165) is 13.1 Å². The van der Waals surface area contributed by atoms with Crippen molar-refractivity contribution in [2.24, 2.45) is 0 Å². The number of ether oxygens (including phenoxy) is 1. The minimum absolute atomic E-state index is 0.224. The third-order valence-electron chi connectivity index (χ3n) is 4.44. The minimum atomic E-state index is -0.292. The van der Waals surface area contributed by atoms with Gasteiger partial charge in [0, 0.05) is 30.8 Å². The second-order valence-electron chi connectivity index (χ2n) is 6.13. The van der Waals surface area contributed by atoms with E-state index < -0.39 is 0 Å². The highest BCUT2D eigenvalue weighted by molar-refractivity contribution is 5.79. The summed E-state index contributed by atoms with van der Waals surface area (Å²) in [4.78, 5) is 21.5. The number of aromatic amines is 1. The molecule has 0 amide bonds. The van der Waals surface area contributed by atoms with E-state index in [1.165, 1.54) is 6.07 Å². The van der Waals surface area contributed by atoms with E-state index in [1.54, 1.807) is 30.3 Å². The number of hydrogen-bond acceptors (Lipinski definition) is 4. The standard InChI is InChI=1S/C19H18FN3O2/c20-16-11-13(5-6-14(16)12-23-7-9-25-10-8-23)18-21-17-4-2-1-3-15(17)19(24)22-18/h1-6,11H,7-10,12H2,(H,21,22,24). The van der Waals surface area contributed by atoms with E-state index in [1.807, 2.05) is 6.07 Å². The van der Waals surface area contributed by atoms with Gasteiger partial charge in [-0.1, -0.05) is 24.3 Å². The summed E-state index contributed by atoms with van der Waals surface area (Å²) < 4.78 is 19.8. The number of nitrogens with one attached hydrogen (secondary N) is 1. The van der Waals surface area contributed by atoms with Crippen LogP contribution in [0.15, 0.2) is 47.3 Å². The van der Waals surface area contributed by atoms with Crippen molar-refractivity contribution in [3.8, 4) is 11.4 Å². The molecule has 1 aliphatic rings. The topological polar surface area (TPSA) is 58.2 Å². The van der Waals surface area contributed by atoms with Crippen LogP contribution in [0.2, 0.25) is 0 Å². The molecular formula is C19H18FN3O2. The van der Waals surface area contributed by atoms with E-state index >= 15 is 0 Å². The minimum Gasteiger partial charge on any atom is -0.379 e. The molecule has 1 N–H and O–H groups in total. The van der Waals surface area contributed by atoms with Gasteiger partial charge in [0.05, 0.1) is 24.1 Å². The Balaban J connectivity index is 1.65. The van der Waals surface area contributed by atoms with Crippen molar-refractivity contribution in [3.63, 3.8) is 0 Å². The zero-order valence-electron chi connectivity index (χ0n) is 13.7. The van der Waals surface area contributed by atoms with Crippen LogP contribution < -0.4 is 5.56 Å². The van der Waals surface area contributed by atoms with Gasteiger partial charge in [-0.15, -0.1) is 0 Å². The summed E-state index contributed by atoms with van der Waals surface area (Å²) in [5, 5.41) is 0.524. The van der Waals surface area contributed by atoms with Crippen molar-refractivity contribution in [2.45, 2.75) is 6.54 Å². The molecule has 0 bridgehead atoms. The van der Waals surface area contributed by atoms with Crippen LogP contribution in [0.5, 0.6) is 0 Å². The van der Waals surface area contributed by atoms with Gasteiger partial charge in [-0.3, -0.25) is 9.69 Å². The highest BCUT2D eigenvalue weighted by Gasteiger charge is 2.14. The summed E-state index contributed by atoms with van der Waals surface area (Å²) in [6.07, 6.45) is 0. The van der Waals surface area contributed by atoms with Crippen LogP contribution in [0, 0.1) is 5.82 Å². The first-order valence-electron chi connectivity index (χ1n) is 8.29. The number of aromatic nitrogens is 2.